The summed E-state index contributed by atoms with van der Waals surface area (Å²) in [5.74, 6) is 0.0347. The van der Waals surface area contributed by atoms with Gasteiger partial charge in [-0.3, -0.25) is 0 Å². The van der Waals surface area contributed by atoms with Crippen LogP contribution >= 0.6 is 11.6 Å². The second-order valence-electron chi connectivity index (χ2n) is 5.04. The van der Waals surface area contributed by atoms with Crippen molar-refractivity contribution in [1.82, 2.24) is 0 Å². The minimum atomic E-state index is -0.653. The van der Waals surface area contributed by atoms with E-state index in [0.717, 1.165) is 11.1 Å². The molecule has 1 unspecified atom stereocenters. The Morgan fingerprint density at radius 2 is 1.95 bits per heavy atom. The molecule has 2 atom stereocenters. The molecule has 1 aliphatic heterocycles. The van der Waals surface area contributed by atoms with Gasteiger partial charge in [0.25, 0.3) is 0 Å². The van der Waals surface area contributed by atoms with Crippen molar-refractivity contribution in [1.29, 1.82) is 0 Å². The first-order valence-electron chi connectivity index (χ1n) is 6.45. The maximum Gasteiger partial charge on any atom is 0.128 e. The molecule has 20 heavy (non-hydrogen) atoms. The summed E-state index contributed by atoms with van der Waals surface area (Å²) in [5.41, 5.74) is 2.59. The molecule has 0 aliphatic carbocycles. The van der Waals surface area contributed by atoms with Gasteiger partial charge in [-0.25, -0.2) is 4.39 Å². The first-order chi connectivity index (χ1) is 9.54. The highest BCUT2D eigenvalue weighted by Gasteiger charge is 2.29. The molecule has 1 N–H and O–H groups in total. The number of ether oxygens (including phenoxy) is 1. The molecule has 0 fully saturated rings. The van der Waals surface area contributed by atoms with E-state index in [0.29, 0.717) is 22.8 Å². The van der Waals surface area contributed by atoms with Crippen molar-refractivity contribution in [3.05, 3.63) is 63.9 Å². The molecule has 104 valence electrons. The van der Waals surface area contributed by atoms with Gasteiger partial charge in [-0.15, -0.1) is 0 Å². The van der Waals surface area contributed by atoms with Crippen LogP contribution in [0.5, 0.6) is 5.75 Å². The number of benzene rings is 2. The topological polar surface area (TPSA) is 29.5 Å². The Kier molecular flexibility index (Phi) is 3.40. The largest absolute Gasteiger partial charge is 0.485 e. The van der Waals surface area contributed by atoms with Crippen LogP contribution in [0.2, 0.25) is 5.02 Å². The van der Waals surface area contributed by atoms with Crippen molar-refractivity contribution in [3.8, 4) is 5.75 Å². The Morgan fingerprint density at radius 3 is 2.70 bits per heavy atom. The number of rotatable bonds is 1. The average Bonchev–Trinajstić information content (AvgIpc) is 2.37. The van der Waals surface area contributed by atoms with Crippen LogP contribution in [0.3, 0.4) is 0 Å². The van der Waals surface area contributed by atoms with E-state index < -0.39 is 6.10 Å². The predicted molar refractivity (Wildman–Crippen MR) is 75.5 cm³/mol. The maximum absolute atomic E-state index is 13.3. The molecule has 0 amide bonds. The number of aliphatic hydroxyl groups excluding tert-OH is 1. The molecule has 2 nitrogen and oxygen atoms in total. The van der Waals surface area contributed by atoms with Crippen molar-refractivity contribution in [2.24, 2.45) is 0 Å². The lowest BCUT2D eigenvalue weighted by atomic mass is 9.93. The highest BCUT2D eigenvalue weighted by atomic mass is 35.5. The number of aryl methyl sites for hydroxylation is 1. The summed E-state index contributed by atoms with van der Waals surface area (Å²) in [7, 11) is 0. The lowest BCUT2D eigenvalue weighted by Crippen LogP contribution is -2.19. The van der Waals surface area contributed by atoms with Crippen LogP contribution in [0.15, 0.2) is 36.4 Å². The standard InChI is InChI=1S/C16H14ClFO2/c1-9-6-10(17)2-4-12(9)16-8-14(19)13-5-3-11(18)7-15(13)20-16/h2-7,14,16,19H,8H2,1H3/t14-,16?/m1/s1. The Bertz CT molecular complexity index is 657. The SMILES string of the molecule is Cc1cc(Cl)ccc1C1C[C@@H](O)c2ccc(F)cc2O1. The van der Waals surface area contributed by atoms with Crippen LogP contribution in [-0.2, 0) is 0 Å². The zero-order valence-electron chi connectivity index (χ0n) is 10.9. The van der Waals surface area contributed by atoms with E-state index in [4.69, 9.17) is 16.3 Å². The third-order valence-electron chi connectivity index (χ3n) is 3.62. The second-order valence-corrected chi connectivity index (χ2v) is 5.48. The molecule has 2 aromatic rings. The van der Waals surface area contributed by atoms with Gasteiger partial charge in [-0.2, -0.15) is 0 Å². The number of hydrogen-bond acceptors (Lipinski definition) is 2. The first kappa shape index (κ1) is 13.4. The van der Waals surface area contributed by atoms with E-state index in [1.807, 2.05) is 19.1 Å². The van der Waals surface area contributed by atoms with E-state index in [-0.39, 0.29) is 11.9 Å². The van der Waals surface area contributed by atoms with Gasteiger partial charge in [0.2, 0.25) is 0 Å². The summed E-state index contributed by atoms with van der Waals surface area (Å²) in [4.78, 5) is 0. The molecule has 1 aliphatic rings. The fourth-order valence-electron chi connectivity index (χ4n) is 2.61. The van der Waals surface area contributed by atoms with Crippen molar-refractivity contribution < 1.29 is 14.2 Å². The fourth-order valence-corrected chi connectivity index (χ4v) is 2.83. The van der Waals surface area contributed by atoms with Gasteiger partial charge in [-0.1, -0.05) is 17.7 Å². The summed E-state index contributed by atoms with van der Waals surface area (Å²) in [6.07, 6.45) is -0.503. The van der Waals surface area contributed by atoms with Crippen LogP contribution in [0.25, 0.3) is 0 Å². The van der Waals surface area contributed by atoms with Gasteiger partial charge in [0, 0.05) is 23.1 Å². The third-order valence-corrected chi connectivity index (χ3v) is 3.85. The number of hydrogen-bond donors (Lipinski definition) is 1. The monoisotopic (exact) mass is 292 g/mol. The Morgan fingerprint density at radius 1 is 1.20 bits per heavy atom. The van der Waals surface area contributed by atoms with Crippen LogP contribution in [-0.4, -0.2) is 5.11 Å². The summed E-state index contributed by atoms with van der Waals surface area (Å²) in [5, 5.41) is 10.9. The quantitative estimate of drug-likeness (QED) is 0.847. The molecular formula is C16H14ClFO2. The summed E-state index contributed by atoms with van der Waals surface area (Å²) >= 11 is 5.95. The molecule has 0 spiro atoms. The van der Waals surface area contributed by atoms with E-state index >= 15 is 0 Å². The van der Waals surface area contributed by atoms with Crippen LogP contribution in [0, 0.1) is 12.7 Å². The van der Waals surface area contributed by atoms with Crippen molar-refractivity contribution in [2.45, 2.75) is 25.6 Å². The normalized spacial score (nSPS) is 21.2. The number of halogens is 2. The smallest absolute Gasteiger partial charge is 0.128 e. The highest BCUT2D eigenvalue weighted by molar-refractivity contribution is 6.30. The molecule has 0 saturated heterocycles. The van der Waals surface area contributed by atoms with E-state index in [1.165, 1.54) is 12.1 Å². The Labute approximate surface area is 121 Å². The van der Waals surface area contributed by atoms with Crippen LogP contribution < -0.4 is 4.74 Å². The summed E-state index contributed by atoms with van der Waals surface area (Å²) in [6.45, 7) is 1.94. The lowest BCUT2D eigenvalue weighted by Gasteiger charge is -2.30. The Balaban J connectivity index is 1.98. The number of aliphatic hydroxyl groups is 1. The highest BCUT2D eigenvalue weighted by Crippen LogP contribution is 2.41. The molecule has 0 saturated carbocycles. The molecule has 4 heteroatoms. The first-order valence-corrected chi connectivity index (χ1v) is 6.82. The van der Waals surface area contributed by atoms with Crippen molar-refractivity contribution in [3.63, 3.8) is 0 Å². The summed E-state index contributed by atoms with van der Waals surface area (Å²) < 4.78 is 19.2. The van der Waals surface area contributed by atoms with Gasteiger partial charge in [-0.05, 0) is 42.3 Å². The van der Waals surface area contributed by atoms with Crippen molar-refractivity contribution in [2.75, 3.05) is 0 Å². The van der Waals surface area contributed by atoms with Crippen LogP contribution in [0.4, 0.5) is 4.39 Å². The third kappa shape index (κ3) is 2.39. The van der Waals surface area contributed by atoms with Gasteiger partial charge < -0.3 is 9.84 Å². The minimum Gasteiger partial charge on any atom is -0.485 e. The predicted octanol–water partition coefficient (Wildman–Crippen LogP) is 4.34. The van der Waals surface area contributed by atoms with E-state index in [2.05, 4.69) is 0 Å². The minimum absolute atomic E-state index is 0.295. The number of fused-ring (bicyclic) bond motifs is 1. The second kappa shape index (κ2) is 5.08. The van der Waals surface area contributed by atoms with Gasteiger partial charge >= 0.3 is 0 Å². The van der Waals surface area contributed by atoms with E-state index in [9.17, 15) is 9.50 Å². The lowest BCUT2D eigenvalue weighted by molar-refractivity contribution is 0.0651. The van der Waals surface area contributed by atoms with Gasteiger partial charge in [0.15, 0.2) is 0 Å². The molecule has 2 aromatic carbocycles. The Hall–Kier alpha value is -1.58. The zero-order valence-corrected chi connectivity index (χ0v) is 11.7. The molecule has 0 radical (unpaired) electrons. The molecule has 0 bridgehead atoms. The van der Waals surface area contributed by atoms with Gasteiger partial charge in [0.1, 0.15) is 17.7 Å². The molecular weight excluding hydrogens is 279 g/mol. The van der Waals surface area contributed by atoms with Gasteiger partial charge in [0.05, 0.1) is 6.10 Å². The maximum atomic E-state index is 13.3. The zero-order chi connectivity index (χ0) is 14.3. The van der Waals surface area contributed by atoms with Crippen LogP contribution in [0.1, 0.15) is 35.3 Å². The van der Waals surface area contributed by atoms with E-state index in [1.54, 1.807) is 12.1 Å². The summed E-state index contributed by atoms with van der Waals surface area (Å²) in [6, 6.07) is 9.75. The fraction of sp³-hybridized carbons (Fsp3) is 0.250. The van der Waals surface area contributed by atoms with Crippen molar-refractivity contribution >= 4 is 11.6 Å². The molecule has 3 rings (SSSR count). The average molecular weight is 293 g/mol. The molecule has 0 aromatic heterocycles. The molecule has 1 heterocycles.